The van der Waals surface area contributed by atoms with E-state index < -0.39 is 0 Å². The van der Waals surface area contributed by atoms with Crippen LogP contribution in [0, 0.1) is 6.92 Å². The predicted octanol–water partition coefficient (Wildman–Crippen LogP) is 4.82. The highest BCUT2D eigenvalue weighted by Gasteiger charge is 2.23. The van der Waals surface area contributed by atoms with E-state index in [1.54, 1.807) is 0 Å². The van der Waals surface area contributed by atoms with Gasteiger partial charge in [0.1, 0.15) is 0 Å². The Morgan fingerprint density at radius 3 is 2.24 bits per heavy atom. The summed E-state index contributed by atoms with van der Waals surface area (Å²) in [7, 11) is 0. The molecule has 0 aliphatic heterocycles. The van der Waals surface area contributed by atoms with Crippen molar-refractivity contribution in [3.05, 3.63) is 77.4 Å². The van der Waals surface area contributed by atoms with E-state index in [-0.39, 0.29) is 0 Å². The standard InChI is InChI=1S/C20H17N/c1-13-10-11-15-12-14-6-2-3-7-16(14)20(15)19(13)17-8-4-5-9-18(17)21/h2-11H,12,21H2,1H3. The average molecular weight is 271 g/mol. The number of nitrogens with two attached hydrogens (primary N) is 1. The maximum absolute atomic E-state index is 6.24. The van der Waals surface area contributed by atoms with Crippen molar-refractivity contribution in [3.63, 3.8) is 0 Å². The molecule has 0 saturated carbocycles. The second-order valence-electron chi connectivity index (χ2n) is 5.71. The van der Waals surface area contributed by atoms with Crippen molar-refractivity contribution < 1.29 is 0 Å². The van der Waals surface area contributed by atoms with Crippen LogP contribution in [-0.4, -0.2) is 0 Å². The number of rotatable bonds is 1. The van der Waals surface area contributed by atoms with Gasteiger partial charge in [0.2, 0.25) is 0 Å². The summed E-state index contributed by atoms with van der Waals surface area (Å²) in [5.41, 5.74) is 16.3. The minimum atomic E-state index is 0.846. The zero-order valence-electron chi connectivity index (χ0n) is 12.1. The molecule has 0 bridgehead atoms. The van der Waals surface area contributed by atoms with Gasteiger partial charge in [-0.3, -0.25) is 0 Å². The van der Waals surface area contributed by atoms with Crippen LogP contribution in [-0.2, 0) is 6.42 Å². The fourth-order valence-corrected chi connectivity index (χ4v) is 3.40. The molecule has 0 atom stereocenters. The highest BCUT2D eigenvalue weighted by atomic mass is 14.6. The first-order chi connectivity index (χ1) is 10.3. The predicted molar refractivity (Wildman–Crippen MR) is 89.3 cm³/mol. The molecule has 0 spiro atoms. The smallest absolute Gasteiger partial charge is 0.0394 e. The first-order valence-electron chi connectivity index (χ1n) is 7.31. The second kappa shape index (κ2) is 4.49. The van der Waals surface area contributed by atoms with Crippen LogP contribution in [0.3, 0.4) is 0 Å². The Labute approximate surface area is 125 Å². The average Bonchev–Trinajstić information content (AvgIpc) is 2.87. The molecule has 3 aromatic carbocycles. The normalized spacial score (nSPS) is 12.0. The van der Waals surface area contributed by atoms with Gasteiger partial charge in [-0.2, -0.15) is 0 Å². The quantitative estimate of drug-likeness (QED) is 0.494. The monoisotopic (exact) mass is 271 g/mol. The molecule has 1 aliphatic carbocycles. The summed E-state index contributed by atoms with van der Waals surface area (Å²) in [6, 6.07) is 21.3. The van der Waals surface area contributed by atoms with Gasteiger partial charge in [-0.1, -0.05) is 54.6 Å². The van der Waals surface area contributed by atoms with Crippen molar-refractivity contribution in [1.29, 1.82) is 0 Å². The van der Waals surface area contributed by atoms with Gasteiger partial charge < -0.3 is 5.73 Å². The summed E-state index contributed by atoms with van der Waals surface area (Å²) >= 11 is 0. The van der Waals surface area contributed by atoms with Crippen molar-refractivity contribution >= 4 is 5.69 Å². The molecule has 0 aromatic heterocycles. The maximum atomic E-state index is 6.24. The van der Waals surface area contributed by atoms with Crippen molar-refractivity contribution in [2.45, 2.75) is 13.3 Å². The number of para-hydroxylation sites is 1. The van der Waals surface area contributed by atoms with Gasteiger partial charge in [-0.15, -0.1) is 0 Å². The fourth-order valence-electron chi connectivity index (χ4n) is 3.40. The summed E-state index contributed by atoms with van der Waals surface area (Å²) < 4.78 is 0. The van der Waals surface area contributed by atoms with E-state index in [0.29, 0.717) is 0 Å². The van der Waals surface area contributed by atoms with Gasteiger partial charge in [-0.25, -0.2) is 0 Å². The number of anilines is 1. The molecule has 1 heteroatoms. The number of fused-ring (bicyclic) bond motifs is 3. The molecule has 4 rings (SSSR count). The molecule has 0 unspecified atom stereocenters. The molecule has 21 heavy (non-hydrogen) atoms. The summed E-state index contributed by atoms with van der Waals surface area (Å²) in [6.45, 7) is 2.17. The summed E-state index contributed by atoms with van der Waals surface area (Å²) in [5.74, 6) is 0. The van der Waals surface area contributed by atoms with Gasteiger partial charge in [0.05, 0.1) is 0 Å². The Morgan fingerprint density at radius 2 is 1.43 bits per heavy atom. The molecule has 1 aliphatic rings. The van der Waals surface area contributed by atoms with Crippen molar-refractivity contribution in [2.75, 3.05) is 5.73 Å². The van der Waals surface area contributed by atoms with Crippen LogP contribution in [0.15, 0.2) is 60.7 Å². The van der Waals surface area contributed by atoms with Crippen molar-refractivity contribution in [3.8, 4) is 22.3 Å². The topological polar surface area (TPSA) is 26.0 Å². The summed E-state index contributed by atoms with van der Waals surface area (Å²) in [6.07, 6.45) is 1.02. The highest BCUT2D eigenvalue weighted by Crippen LogP contribution is 2.45. The van der Waals surface area contributed by atoms with E-state index in [4.69, 9.17) is 5.73 Å². The number of benzene rings is 3. The molecular formula is C20H17N. The van der Waals surface area contributed by atoms with Crippen molar-refractivity contribution in [1.82, 2.24) is 0 Å². The van der Waals surface area contributed by atoms with E-state index in [2.05, 4.69) is 55.5 Å². The molecular weight excluding hydrogens is 254 g/mol. The second-order valence-corrected chi connectivity index (χ2v) is 5.71. The van der Waals surface area contributed by atoms with Crippen molar-refractivity contribution in [2.24, 2.45) is 0 Å². The number of nitrogen functional groups attached to an aromatic ring is 1. The summed E-state index contributed by atoms with van der Waals surface area (Å²) in [5, 5.41) is 0. The molecule has 0 saturated heterocycles. The highest BCUT2D eigenvalue weighted by molar-refractivity contribution is 5.95. The third kappa shape index (κ3) is 1.78. The van der Waals surface area contributed by atoms with E-state index in [1.165, 1.54) is 33.4 Å². The van der Waals surface area contributed by atoms with Crippen LogP contribution >= 0.6 is 0 Å². The minimum absolute atomic E-state index is 0.846. The van der Waals surface area contributed by atoms with Gasteiger partial charge in [-0.05, 0) is 52.8 Å². The van der Waals surface area contributed by atoms with Crippen LogP contribution in [0.4, 0.5) is 5.69 Å². The molecule has 2 N–H and O–H groups in total. The molecule has 0 fully saturated rings. The largest absolute Gasteiger partial charge is 0.398 e. The zero-order valence-corrected chi connectivity index (χ0v) is 12.1. The minimum Gasteiger partial charge on any atom is -0.398 e. The Kier molecular flexibility index (Phi) is 2.61. The zero-order chi connectivity index (χ0) is 14.4. The van der Waals surface area contributed by atoms with Gasteiger partial charge in [0.15, 0.2) is 0 Å². The first kappa shape index (κ1) is 12.2. The Bertz CT molecular complexity index is 846. The third-order valence-electron chi connectivity index (χ3n) is 4.40. The molecule has 0 amide bonds. The Balaban J connectivity index is 2.08. The van der Waals surface area contributed by atoms with Crippen LogP contribution in [0.25, 0.3) is 22.3 Å². The lowest BCUT2D eigenvalue weighted by Crippen LogP contribution is -1.94. The number of hydrogen-bond donors (Lipinski definition) is 1. The van der Waals surface area contributed by atoms with E-state index in [1.807, 2.05) is 12.1 Å². The first-order valence-corrected chi connectivity index (χ1v) is 7.31. The number of hydrogen-bond acceptors (Lipinski definition) is 1. The molecule has 0 radical (unpaired) electrons. The van der Waals surface area contributed by atoms with Gasteiger partial charge in [0.25, 0.3) is 0 Å². The molecule has 102 valence electrons. The molecule has 3 aromatic rings. The van der Waals surface area contributed by atoms with Crippen LogP contribution in [0.5, 0.6) is 0 Å². The van der Waals surface area contributed by atoms with Crippen LogP contribution in [0.1, 0.15) is 16.7 Å². The Hall–Kier alpha value is -2.54. The van der Waals surface area contributed by atoms with Crippen LogP contribution in [0.2, 0.25) is 0 Å². The summed E-state index contributed by atoms with van der Waals surface area (Å²) in [4.78, 5) is 0. The fraction of sp³-hybridized carbons (Fsp3) is 0.100. The van der Waals surface area contributed by atoms with E-state index >= 15 is 0 Å². The number of aryl methyl sites for hydroxylation is 1. The SMILES string of the molecule is Cc1ccc2c(c1-c1ccccc1N)-c1ccccc1C2. The van der Waals surface area contributed by atoms with E-state index in [9.17, 15) is 0 Å². The molecule has 0 heterocycles. The lowest BCUT2D eigenvalue weighted by Gasteiger charge is -2.15. The Morgan fingerprint density at radius 1 is 0.714 bits per heavy atom. The van der Waals surface area contributed by atoms with Gasteiger partial charge >= 0.3 is 0 Å². The lowest BCUT2D eigenvalue weighted by atomic mass is 9.90. The molecule has 1 nitrogen and oxygen atoms in total. The third-order valence-corrected chi connectivity index (χ3v) is 4.40. The van der Waals surface area contributed by atoms with E-state index in [0.717, 1.165) is 17.7 Å². The van der Waals surface area contributed by atoms with Crippen LogP contribution < -0.4 is 5.73 Å². The maximum Gasteiger partial charge on any atom is 0.0394 e. The lowest BCUT2D eigenvalue weighted by molar-refractivity contribution is 1.26. The van der Waals surface area contributed by atoms with Gasteiger partial charge in [0, 0.05) is 11.3 Å².